The Morgan fingerprint density at radius 3 is 2.41 bits per heavy atom. The minimum absolute atomic E-state index is 0.149. The van der Waals surface area contributed by atoms with Gasteiger partial charge >= 0.3 is 0 Å². The maximum absolute atomic E-state index is 12.6. The van der Waals surface area contributed by atoms with E-state index in [1.54, 1.807) is 39.0 Å². The summed E-state index contributed by atoms with van der Waals surface area (Å²) in [6.45, 7) is 7.94. The van der Waals surface area contributed by atoms with Crippen molar-refractivity contribution in [3.8, 4) is 5.75 Å². The van der Waals surface area contributed by atoms with E-state index in [1.165, 1.54) is 16.4 Å². The fraction of sp³-hybridized carbons (Fsp3) is 0.350. The molecule has 0 saturated heterocycles. The molecule has 2 aromatic carbocycles. The van der Waals surface area contributed by atoms with Gasteiger partial charge in [-0.2, -0.15) is 4.31 Å². The number of sulfonamides is 1. The number of hydrogen-bond donors (Lipinski definition) is 1. The van der Waals surface area contributed by atoms with Crippen LogP contribution in [-0.4, -0.2) is 37.8 Å². The van der Waals surface area contributed by atoms with Crippen molar-refractivity contribution in [3.05, 3.63) is 54.1 Å². The molecular weight excluding hydrogens is 364 g/mol. The van der Waals surface area contributed by atoms with Crippen LogP contribution < -0.4 is 10.1 Å². The van der Waals surface area contributed by atoms with Crippen LogP contribution >= 0.6 is 0 Å². The summed E-state index contributed by atoms with van der Waals surface area (Å²) >= 11 is 0. The summed E-state index contributed by atoms with van der Waals surface area (Å²) < 4.78 is 32.3. The van der Waals surface area contributed by atoms with Gasteiger partial charge in [-0.1, -0.05) is 32.0 Å². The first-order valence-corrected chi connectivity index (χ1v) is 10.4. The van der Waals surface area contributed by atoms with Crippen LogP contribution in [0.25, 0.3) is 0 Å². The second-order valence-electron chi connectivity index (χ2n) is 6.18. The predicted octanol–water partition coefficient (Wildman–Crippen LogP) is 3.43. The number of nitrogens with one attached hydrogen (secondary N) is 1. The zero-order valence-electron chi connectivity index (χ0n) is 16.1. The Hall–Kier alpha value is -2.38. The molecule has 7 heteroatoms. The Morgan fingerprint density at radius 2 is 1.78 bits per heavy atom. The second-order valence-corrected chi connectivity index (χ2v) is 8.12. The highest BCUT2D eigenvalue weighted by atomic mass is 32.2. The number of benzene rings is 2. The van der Waals surface area contributed by atoms with E-state index in [2.05, 4.69) is 5.32 Å². The van der Waals surface area contributed by atoms with Crippen molar-refractivity contribution >= 4 is 21.6 Å². The summed E-state index contributed by atoms with van der Waals surface area (Å²) in [5, 5.41) is 2.72. The van der Waals surface area contributed by atoms with E-state index < -0.39 is 16.1 Å². The average Bonchev–Trinajstić information content (AvgIpc) is 2.62. The van der Waals surface area contributed by atoms with Crippen LogP contribution in [-0.2, 0) is 14.8 Å². The third kappa shape index (κ3) is 5.30. The molecule has 6 nitrogen and oxygen atoms in total. The molecule has 1 atom stereocenters. The van der Waals surface area contributed by atoms with Crippen LogP contribution in [0.15, 0.2) is 53.4 Å². The first-order chi connectivity index (χ1) is 12.8. The van der Waals surface area contributed by atoms with Crippen molar-refractivity contribution in [1.29, 1.82) is 0 Å². The van der Waals surface area contributed by atoms with Crippen LogP contribution in [0.3, 0.4) is 0 Å². The first kappa shape index (κ1) is 20.9. The van der Waals surface area contributed by atoms with Gasteiger partial charge in [-0.15, -0.1) is 0 Å². The fourth-order valence-electron chi connectivity index (χ4n) is 2.64. The van der Waals surface area contributed by atoms with Gasteiger partial charge in [-0.3, -0.25) is 4.79 Å². The molecule has 0 radical (unpaired) electrons. The SMILES string of the molecule is CCN(CC)S(=O)(=O)c1cccc(NC(=O)[C@H](C)Oc2cccc(C)c2)c1. The van der Waals surface area contributed by atoms with Crippen molar-refractivity contribution in [2.75, 3.05) is 18.4 Å². The van der Waals surface area contributed by atoms with E-state index in [4.69, 9.17) is 4.74 Å². The smallest absolute Gasteiger partial charge is 0.265 e. The maximum Gasteiger partial charge on any atom is 0.265 e. The first-order valence-electron chi connectivity index (χ1n) is 8.92. The number of amides is 1. The van der Waals surface area contributed by atoms with E-state index in [-0.39, 0.29) is 10.8 Å². The van der Waals surface area contributed by atoms with Crippen LogP contribution in [0, 0.1) is 6.92 Å². The van der Waals surface area contributed by atoms with Gasteiger partial charge in [0.2, 0.25) is 10.0 Å². The Labute approximate surface area is 161 Å². The molecule has 0 aliphatic heterocycles. The highest BCUT2D eigenvalue weighted by Crippen LogP contribution is 2.20. The van der Waals surface area contributed by atoms with Crippen LogP contribution in [0.5, 0.6) is 5.75 Å². The molecule has 2 aromatic rings. The number of anilines is 1. The topological polar surface area (TPSA) is 75.7 Å². The summed E-state index contributed by atoms with van der Waals surface area (Å²) in [5.41, 5.74) is 1.45. The Kier molecular flexibility index (Phi) is 6.98. The van der Waals surface area contributed by atoms with Gasteiger partial charge in [-0.05, 0) is 49.7 Å². The molecule has 2 rings (SSSR count). The lowest BCUT2D eigenvalue weighted by atomic mass is 10.2. The van der Waals surface area contributed by atoms with E-state index >= 15 is 0 Å². The molecule has 0 heterocycles. The molecule has 27 heavy (non-hydrogen) atoms. The van der Waals surface area contributed by atoms with Gasteiger partial charge in [0, 0.05) is 18.8 Å². The number of ether oxygens (including phenoxy) is 1. The number of aryl methyl sites for hydroxylation is 1. The predicted molar refractivity (Wildman–Crippen MR) is 106 cm³/mol. The van der Waals surface area contributed by atoms with Crippen molar-refractivity contribution in [1.82, 2.24) is 4.31 Å². The zero-order chi connectivity index (χ0) is 20.0. The molecule has 0 aromatic heterocycles. The van der Waals surface area contributed by atoms with Gasteiger partial charge in [0.25, 0.3) is 5.91 Å². The molecule has 0 saturated carbocycles. The minimum Gasteiger partial charge on any atom is -0.481 e. The zero-order valence-corrected chi connectivity index (χ0v) is 16.9. The summed E-state index contributed by atoms with van der Waals surface area (Å²) in [7, 11) is -3.58. The highest BCUT2D eigenvalue weighted by Gasteiger charge is 2.22. The second kappa shape index (κ2) is 9.01. The normalized spacial score (nSPS) is 12.6. The highest BCUT2D eigenvalue weighted by molar-refractivity contribution is 7.89. The third-order valence-electron chi connectivity index (χ3n) is 4.12. The van der Waals surface area contributed by atoms with E-state index in [1.807, 2.05) is 25.1 Å². The van der Waals surface area contributed by atoms with Gasteiger partial charge in [0.05, 0.1) is 4.90 Å². The van der Waals surface area contributed by atoms with Crippen LogP contribution in [0.4, 0.5) is 5.69 Å². The molecule has 0 bridgehead atoms. The molecule has 146 valence electrons. The molecule has 1 N–H and O–H groups in total. The molecule has 0 unspecified atom stereocenters. The summed E-state index contributed by atoms with van der Waals surface area (Å²) in [6, 6.07) is 13.7. The molecule has 0 fully saturated rings. The summed E-state index contributed by atoms with van der Waals surface area (Å²) in [6.07, 6.45) is -0.727. The van der Waals surface area contributed by atoms with E-state index in [0.717, 1.165) is 5.56 Å². The van der Waals surface area contributed by atoms with Gasteiger partial charge in [0.15, 0.2) is 6.10 Å². The molecule has 1 amide bonds. The fourth-order valence-corrected chi connectivity index (χ4v) is 4.14. The largest absolute Gasteiger partial charge is 0.481 e. The number of nitrogens with zero attached hydrogens (tertiary/aromatic N) is 1. The Morgan fingerprint density at radius 1 is 1.11 bits per heavy atom. The monoisotopic (exact) mass is 390 g/mol. The van der Waals surface area contributed by atoms with Gasteiger partial charge in [0.1, 0.15) is 5.75 Å². The summed E-state index contributed by atoms with van der Waals surface area (Å²) in [5.74, 6) is 0.254. The van der Waals surface area contributed by atoms with Crippen molar-refractivity contribution in [3.63, 3.8) is 0 Å². The number of hydrogen-bond acceptors (Lipinski definition) is 4. The van der Waals surface area contributed by atoms with Crippen molar-refractivity contribution in [2.24, 2.45) is 0 Å². The quantitative estimate of drug-likeness (QED) is 0.749. The minimum atomic E-state index is -3.58. The Balaban J connectivity index is 2.12. The van der Waals surface area contributed by atoms with Crippen molar-refractivity contribution in [2.45, 2.75) is 38.7 Å². The standard InChI is InChI=1S/C20H26N2O4S/c1-5-22(6-2)27(24,25)19-12-8-10-17(14-19)21-20(23)16(4)26-18-11-7-9-15(3)13-18/h7-14,16H,5-6H2,1-4H3,(H,21,23)/t16-/m0/s1. The molecule has 0 aliphatic rings. The number of carbonyl (C=O) groups is 1. The van der Waals surface area contributed by atoms with Gasteiger partial charge in [-0.25, -0.2) is 8.42 Å². The number of rotatable bonds is 8. The van der Waals surface area contributed by atoms with Crippen molar-refractivity contribution < 1.29 is 17.9 Å². The lowest BCUT2D eigenvalue weighted by Gasteiger charge is -2.19. The summed E-state index contributed by atoms with van der Waals surface area (Å²) in [4.78, 5) is 12.6. The Bertz CT molecular complexity index is 892. The molecular formula is C20H26N2O4S. The molecule has 0 aliphatic carbocycles. The molecule has 0 spiro atoms. The maximum atomic E-state index is 12.6. The van der Waals surface area contributed by atoms with Crippen LogP contribution in [0.2, 0.25) is 0 Å². The van der Waals surface area contributed by atoms with E-state index in [9.17, 15) is 13.2 Å². The van der Waals surface area contributed by atoms with Crippen LogP contribution in [0.1, 0.15) is 26.3 Å². The lowest BCUT2D eigenvalue weighted by Crippen LogP contribution is -2.31. The lowest BCUT2D eigenvalue weighted by molar-refractivity contribution is -0.122. The number of carbonyl (C=O) groups excluding carboxylic acids is 1. The van der Waals surface area contributed by atoms with Gasteiger partial charge < -0.3 is 10.1 Å². The third-order valence-corrected chi connectivity index (χ3v) is 6.16. The average molecular weight is 391 g/mol. The van der Waals surface area contributed by atoms with E-state index in [0.29, 0.717) is 24.5 Å².